The molecule has 0 fully saturated rings. The van der Waals surface area contributed by atoms with Gasteiger partial charge in [-0.3, -0.25) is 4.31 Å². The van der Waals surface area contributed by atoms with Crippen molar-refractivity contribution < 1.29 is 17.6 Å². The maximum absolute atomic E-state index is 13.6. The number of sulfonamides is 1. The molecular weight excluding hydrogens is 509 g/mol. The van der Waals surface area contributed by atoms with Gasteiger partial charge in [-0.1, -0.05) is 59.1 Å². The summed E-state index contributed by atoms with van der Waals surface area (Å²) in [5.74, 6) is 1.25. The van der Waals surface area contributed by atoms with Gasteiger partial charge in [0.15, 0.2) is 0 Å². The van der Waals surface area contributed by atoms with Crippen LogP contribution >= 0.6 is 23.2 Å². The largest absolute Gasteiger partial charge is 0.494 e. The van der Waals surface area contributed by atoms with Crippen LogP contribution in [0.1, 0.15) is 29.8 Å². The van der Waals surface area contributed by atoms with E-state index < -0.39 is 10.0 Å². The normalized spacial score (nSPS) is 11.4. The number of nitrogens with zero attached hydrogens (tertiary/aromatic N) is 3. The first-order valence-electron chi connectivity index (χ1n) is 10.8. The van der Waals surface area contributed by atoms with Gasteiger partial charge in [-0.2, -0.15) is 0 Å². The van der Waals surface area contributed by atoms with E-state index in [-0.39, 0.29) is 33.1 Å². The van der Waals surface area contributed by atoms with Crippen molar-refractivity contribution in [3.05, 3.63) is 99.7 Å². The topological polar surface area (TPSA) is 85.5 Å². The highest BCUT2D eigenvalue weighted by Gasteiger charge is 2.29. The molecule has 4 rings (SSSR count). The average molecular weight is 532 g/mol. The number of aromatic nitrogens is 2. The molecular formula is C25H23Cl2N3O4S. The molecule has 10 heteroatoms. The molecule has 0 radical (unpaired) electrons. The van der Waals surface area contributed by atoms with Gasteiger partial charge in [-0.05, 0) is 55.8 Å². The number of hydrogen-bond donors (Lipinski definition) is 0. The molecule has 7 nitrogen and oxygen atoms in total. The van der Waals surface area contributed by atoms with Crippen molar-refractivity contribution in [1.82, 2.24) is 10.2 Å². The van der Waals surface area contributed by atoms with E-state index in [1.807, 2.05) is 38.1 Å². The zero-order valence-corrected chi connectivity index (χ0v) is 21.4. The van der Waals surface area contributed by atoms with E-state index in [0.717, 1.165) is 21.2 Å². The van der Waals surface area contributed by atoms with Crippen molar-refractivity contribution in [1.29, 1.82) is 0 Å². The van der Waals surface area contributed by atoms with Crippen LogP contribution < -0.4 is 9.04 Å². The molecule has 4 aromatic rings. The summed E-state index contributed by atoms with van der Waals surface area (Å²) in [4.78, 5) is 0.105. The van der Waals surface area contributed by atoms with Gasteiger partial charge in [0.1, 0.15) is 12.3 Å². The Morgan fingerprint density at radius 3 is 2.31 bits per heavy atom. The fourth-order valence-corrected chi connectivity index (χ4v) is 5.29. The summed E-state index contributed by atoms with van der Waals surface area (Å²) in [6.07, 6.45) is 0.391. The Morgan fingerprint density at radius 2 is 1.63 bits per heavy atom. The summed E-state index contributed by atoms with van der Waals surface area (Å²) in [5.41, 5.74) is 2.10. The van der Waals surface area contributed by atoms with Gasteiger partial charge in [-0.25, -0.2) is 8.42 Å². The minimum absolute atomic E-state index is 0.105. The van der Waals surface area contributed by atoms with E-state index >= 15 is 0 Å². The molecule has 0 aliphatic rings. The highest BCUT2D eigenvalue weighted by Crippen LogP contribution is 2.36. The first-order chi connectivity index (χ1) is 16.8. The molecule has 35 heavy (non-hydrogen) atoms. The van der Waals surface area contributed by atoms with E-state index in [2.05, 4.69) is 10.2 Å². The van der Waals surface area contributed by atoms with Crippen molar-refractivity contribution in [3.63, 3.8) is 0 Å². The number of aryl methyl sites for hydroxylation is 1. The quantitative estimate of drug-likeness (QED) is 0.260. The SMILES string of the molecule is CCOc1ccc(Cc2nnc(CN(c3cccc(Cl)c3Cl)S(=O)(=O)c3ccc(C)cc3)o2)cc1. The molecule has 0 saturated heterocycles. The zero-order valence-electron chi connectivity index (χ0n) is 19.1. The van der Waals surface area contributed by atoms with Crippen LogP contribution in [-0.4, -0.2) is 25.2 Å². The fraction of sp³-hybridized carbons (Fsp3) is 0.200. The van der Waals surface area contributed by atoms with Crippen molar-refractivity contribution >= 4 is 38.9 Å². The minimum atomic E-state index is -4.02. The summed E-state index contributed by atoms with van der Waals surface area (Å²) < 4.78 is 39.6. The van der Waals surface area contributed by atoms with E-state index in [9.17, 15) is 8.42 Å². The molecule has 0 aliphatic carbocycles. The Hall–Kier alpha value is -3.07. The van der Waals surface area contributed by atoms with Gasteiger partial charge in [0.25, 0.3) is 10.0 Å². The lowest BCUT2D eigenvalue weighted by molar-refractivity contribution is 0.340. The predicted molar refractivity (Wildman–Crippen MR) is 136 cm³/mol. The smallest absolute Gasteiger partial charge is 0.264 e. The number of anilines is 1. The van der Waals surface area contributed by atoms with E-state index in [0.29, 0.717) is 18.9 Å². The molecule has 0 aliphatic heterocycles. The van der Waals surface area contributed by atoms with E-state index in [4.69, 9.17) is 32.4 Å². The zero-order chi connectivity index (χ0) is 25.0. The number of halogens is 2. The standard InChI is InChI=1S/C25H23Cl2N3O4S/c1-3-33-19-11-9-18(10-12-19)15-23-28-29-24(34-23)16-30(22-6-4-5-21(26)25(22)27)35(31,32)20-13-7-17(2)8-14-20/h4-14H,3,15-16H2,1-2H3. The summed E-state index contributed by atoms with van der Waals surface area (Å²) >= 11 is 12.6. The Labute approximate surface area is 214 Å². The molecule has 3 aromatic carbocycles. The lowest BCUT2D eigenvalue weighted by atomic mass is 10.1. The lowest BCUT2D eigenvalue weighted by Crippen LogP contribution is -2.31. The van der Waals surface area contributed by atoms with Crippen LogP contribution in [0.2, 0.25) is 10.0 Å². The molecule has 0 spiro atoms. The maximum atomic E-state index is 13.6. The Balaban J connectivity index is 1.63. The van der Waals surface area contributed by atoms with Gasteiger partial charge in [0.05, 0.1) is 33.7 Å². The summed E-state index contributed by atoms with van der Waals surface area (Å²) in [7, 11) is -4.02. The molecule has 0 unspecified atom stereocenters. The third kappa shape index (κ3) is 5.78. The first-order valence-corrected chi connectivity index (χ1v) is 13.0. The van der Waals surface area contributed by atoms with E-state index in [1.54, 1.807) is 42.5 Å². The molecule has 182 valence electrons. The van der Waals surface area contributed by atoms with Crippen LogP contribution in [0, 0.1) is 6.92 Å². The van der Waals surface area contributed by atoms with Gasteiger partial charge >= 0.3 is 0 Å². The molecule has 0 bridgehead atoms. The van der Waals surface area contributed by atoms with E-state index in [1.165, 1.54) is 0 Å². The number of hydrogen-bond acceptors (Lipinski definition) is 6. The molecule has 0 atom stereocenters. The summed E-state index contributed by atoms with van der Waals surface area (Å²) in [6.45, 7) is 4.18. The highest BCUT2D eigenvalue weighted by molar-refractivity contribution is 7.92. The molecule has 1 heterocycles. The third-order valence-corrected chi connectivity index (χ3v) is 7.77. The first kappa shape index (κ1) is 25.0. The Bertz CT molecular complexity index is 1410. The molecule has 0 saturated carbocycles. The number of ether oxygens (including phenoxy) is 1. The molecule has 0 amide bonds. The second kappa shape index (κ2) is 10.7. The average Bonchev–Trinajstić information content (AvgIpc) is 3.28. The van der Waals surface area contributed by atoms with Gasteiger partial charge in [0.2, 0.25) is 11.8 Å². The van der Waals surface area contributed by atoms with Crippen molar-refractivity contribution in [3.8, 4) is 5.75 Å². The second-order valence-electron chi connectivity index (χ2n) is 7.74. The van der Waals surface area contributed by atoms with Crippen LogP contribution in [0.4, 0.5) is 5.69 Å². The van der Waals surface area contributed by atoms with Crippen LogP contribution in [0.25, 0.3) is 0 Å². The Morgan fingerprint density at radius 1 is 0.943 bits per heavy atom. The fourth-order valence-electron chi connectivity index (χ4n) is 3.41. The summed E-state index contributed by atoms with van der Waals surface area (Å²) in [5, 5.41) is 8.51. The number of rotatable bonds is 9. The van der Waals surface area contributed by atoms with Crippen LogP contribution in [0.15, 0.2) is 76.0 Å². The molecule has 0 N–H and O–H groups in total. The Kier molecular flexibility index (Phi) is 7.64. The van der Waals surface area contributed by atoms with Crippen LogP contribution in [0.3, 0.4) is 0 Å². The van der Waals surface area contributed by atoms with Gasteiger partial charge < -0.3 is 9.15 Å². The van der Waals surface area contributed by atoms with Crippen LogP contribution in [0.5, 0.6) is 5.75 Å². The predicted octanol–water partition coefficient (Wildman–Crippen LogP) is 6.07. The summed E-state index contributed by atoms with van der Waals surface area (Å²) in [6, 6.07) is 18.9. The maximum Gasteiger partial charge on any atom is 0.264 e. The van der Waals surface area contributed by atoms with Gasteiger partial charge in [0, 0.05) is 0 Å². The monoisotopic (exact) mass is 531 g/mol. The van der Waals surface area contributed by atoms with Crippen molar-refractivity contribution in [2.45, 2.75) is 31.7 Å². The molecule has 1 aromatic heterocycles. The van der Waals surface area contributed by atoms with Crippen molar-refractivity contribution in [2.75, 3.05) is 10.9 Å². The van der Waals surface area contributed by atoms with Crippen molar-refractivity contribution in [2.24, 2.45) is 0 Å². The van der Waals surface area contributed by atoms with Gasteiger partial charge in [-0.15, -0.1) is 10.2 Å². The number of benzene rings is 3. The second-order valence-corrected chi connectivity index (χ2v) is 10.4. The minimum Gasteiger partial charge on any atom is -0.494 e. The lowest BCUT2D eigenvalue weighted by Gasteiger charge is -2.24. The van der Waals surface area contributed by atoms with Crippen LogP contribution in [-0.2, 0) is 23.0 Å². The highest BCUT2D eigenvalue weighted by atomic mass is 35.5. The third-order valence-electron chi connectivity index (χ3n) is 5.19.